The Morgan fingerprint density at radius 1 is 1.06 bits per heavy atom. The molecule has 0 saturated carbocycles. The van der Waals surface area contributed by atoms with Crippen molar-refractivity contribution in [3.8, 4) is 0 Å². The van der Waals surface area contributed by atoms with Gasteiger partial charge in [0.1, 0.15) is 17.5 Å². The van der Waals surface area contributed by atoms with Crippen LogP contribution >= 0.6 is 0 Å². The lowest BCUT2D eigenvalue weighted by molar-refractivity contribution is -0.141. The quantitative estimate of drug-likeness (QED) is 0.650. The van der Waals surface area contributed by atoms with Crippen molar-refractivity contribution < 1.29 is 22.8 Å². The maximum Gasteiger partial charge on any atom is 0.269 e. The van der Waals surface area contributed by atoms with Crippen molar-refractivity contribution in [1.82, 2.24) is 14.5 Å². The van der Waals surface area contributed by atoms with E-state index in [0.29, 0.717) is 10.7 Å². The molecule has 1 N–H and O–H groups in total. The molecule has 1 aliphatic rings. The second-order valence-corrected chi connectivity index (χ2v) is 11.3. The molecule has 0 saturated heterocycles. The topological polar surface area (TPSA) is 104 Å². The van der Waals surface area contributed by atoms with Crippen LogP contribution in [0.2, 0.25) is 0 Å². The Labute approximate surface area is 201 Å². The molecule has 182 valence electrons. The van der Waals surface area contributed by atoms with Crippen molar-refractivity contribution in [1.29, 1.82) is 0 Å². The Morgan fingerprint density at radius 2 is 1.68 bits per heavy atom. The zero-order chi connectivity index (χ0) is 25.3. The van der Waals surface area contributed by atoms with Gasteiger partial charge in [-0.05, 0) is 51.8 Å². The van der Waals surface area contributed by atoms with Crippen molar-refractivity contribution in [3.63, 3.8) is 0 Å². The minimum Gasteiger partial charge on any atom is -0.350 e. The number of benzene rings is 2. The van der Waals surface area contributed by atoms with Crippen LogP contribution < -0.4 is 5.32 Å². The molecule has 0 unspecified atom stereocenters. The average molecular weight is 486 g/mol. The highest BCUT2D eigenvalue weighted by atomic mass is 32.2. The highest BCUT2D eigenvalue weighted by Crippen LogP contribution is 2.30. The monoisotopic (exact) mass is 485 g/mol. The maximum absolute atomic E-state index is 13.5. The van der Waals surface area contributed by atoms with E-state index >= 15 is 0 Å². The van der Waals surface area contributed by atoms with Crippen LogP contribution in [0.15, 0.2) is 53.4 Å². The first kappa shape index (κ1) is 25.4. The van der Waals surface area contributed by atoms with E-state index in [1.807, 2.05) is 52.0 Å². The molecule has 8 nitrogen and oxygen atoms in total. The van der Waals surface area contributed by atoms with Gasteiger partial charge in [0.05, 0.1) is 5.56 Å². The number of nitrogens with one attached hydrogen (secondary N) is 1. The van der Waals surface area contributed by atoms with Gasteiger partial charge in [-0.1, -0.05) is 48.9 Å². The number of aryl methyl sites for hydroxylation is 1. The molecule has 0 aliphatic carbocycles. The van der Waals surface area contributed by atoms with Gasteiger partial charge in [0, 0.05) is 12.1 Å². The average Bonchev–Trinajstić information content (AvgIpc) is 2.94. The third-order valence-corrected chi connectivity index (χ3v) is 7.34. The summed E-state index contributed by atoms with van der Waals surface area (Å²) in [6, 6.07) is 12.6. The highest BCUT2D eigenvalue weighted by molar-refractivity contribution is 7.90. The normalized spacial score (nSPS) is 15.6. The van der Waals surface area contributed by atoms with Crippen LogP contribution in [0.5, 0.6) is 0 Å². The molecular formula is C25H31N3O5S. The van der Waals surface area contributed by atoms with Gasteiger partial charge in [0.15, 0.2) is 0 Å². The van der Waals surface area contributed by atoms with Crippen LogP contribution in [0.1, 0.15) is 55.6 Å². The predicted molar refractivity (Wildman–Crippen MR) is 128 cm³/mol. The summed E-state index contributed by atoms with van der Waals surface area (Å²) >= 11 is 0. The van der Waals surface area contributed by atoms with Gasteiger partial charge < -0.3 is 10.2 Å². The number of carbonyl (C=O) groups excluding carboxylic acids is 3. The van der Waals surface area contributed by atoms with E-state index < -0.39 is 40.0 Å². The molecule has 9 heteroatoms. The molecule has 34 heavy (non-hydrogen) atoms. The van der Waals surface area contributed by atoms with Gasteiger partial charge in [-0.2, -0.15) is 0 Å². The standard InChI is InChI=1S/C25H31N3O5S/c1-6-20(23(30)26-25(3,4)5)27(15-18-13-11-17(2)12-14-18)22(29)16-28-24(31)19-9-7-8-10-21(19)34(28,32)33/h7-14,20H,6,15-16H2,1-5H3,(H,26,30)/t20-/m1/s1. The summed E-state index contributed by atoms with van der Waals surface area (Å²) in [4.78, 5) is 40.7. The van der Waals surface area contributed by atoms with E-state index in [1.54, 1.807) is 13.0 Å². The first-order valence-corrected chi connectivity index (χ1v) is 12.6. The van der Waals surface area contributed by atoms with Gasteiger partial charge >= 0.3 is 0 Å². The summed E-state index contributed by atoms with van der Waals surface area (Å²) in [6.45, 7) is 8.68. The number of sulfonamides is 1. The van der Waals surface area contributed by atoms with Gasteiger partial charge in [-0.3, -0.25) is 14.4 Å². The number of rotatable bonds is 7. The molecule has 0 fully saturated rings. The van der Waals surface area contributed by atoms with E-state index in [1.165, 1.54) is 23.1 Å². The lowest BCUT2D eigenvalue weighted by Gasteiger charge is -2.33. The summed E-state index contributed by atoms with van der Waals surface area (Å²) in [5.41, 5.74) is 1.36. The molecule has 1 atom stereocenters. The van der Waals surface area contributed by atoms with Crippen LogP contribution in [0.3, 0.4) is 0 Å². The Morgan fingerprint density at radius 3 is 2.24 bits per heavy atom. The van der Waals surface area contributed by atoms with E-state index in [-0.39, 0.29) is 22.9 Å². The number of hydrogen-bond donors (Lipinski definition) is 1. The van der Waals surface area contributed by atoms with Crippen LogP contribution in [-0.4, -0.2) is 53.5 Å². The van der Waals surface area contributed by atoms with Crippen molar-refractivity contribution in [2.24, 2.45) is 0 Å². The highest BCUT2D eigenvalue weighted by Gasteiger charge is 2.43. The maximum atomic E-state index is 13.5. The summed E-state index contributed by atoms with van der Waals surface area (Å²) in [7, 11) is -4.15. The predicted octanol–water partition coefficient (Wildman–Crippen LogP) is 2.86. The number of carbonyl (C=O) groups is 3. The molecular weight excluding hydrogens is 454 g/mol. The fourth-order valence-electron chi connectivity index (χ4n) is 3.86. The SMILES string of the molecule is CC[C@H](C(=O)NC(C)(C)C)N(Cc1ccc(C)cc1)C(=O)CN1C(=O)c2ccccc2S1(=O)=O. The molecule has 1 heterocycles. The van der Waals surface area contributed by atoms with Crippen LogP contribution in [-0.2, 0) is 26.2 Å². The Hall–Kier alpha value is -3.20. The first-order valence-electron chi connectivity index (χ1n) is 11.2. The summed E-state index contributed by atoms with van der Waals surface area (Å²) < 4.78 is 26.5. The van der Waals surface area contributed by atoms with Crippen LogP contribution in [0, 0.1) is 6.92 Å². The van der Waals surface area contributed by atoms with Gasteiger partial charge in [-0.15, -0.1) is 0 Å². The molecule has 2 aromatic rings. The van der Waals surface area contributed by atoms with Crippen molar-refractivity contribution in [3.05, 3.63) is 65.2 Å². The lowest BCUT2D eigenvalue weighted by atomic mass is 10.1. The van der Waals surface area contributed by atoms with Crippen molar-refractivity contribution in [2.75, 3.05) is 6.54 Å². The molecule has 0 spiro atoms. The molecule has 0 radical (unpaired) electrons. The first-order chi connectivity index (χ1) is 15.8. The molecule has 3 amide bonds. The zero-order valence-corrected chi connectivity index (χ0v) is 21.0. The summed E-state index contributed by atoms with van der Waals surface area (Å²) in [5, 5.41) is 2.90. The fourth-order valence-corrected chi connectivity index (χ4v) is 5.38. The molecule has 0 aromatic heterocycles. The van der Waals surface area contributed by atoms with Crippen molar-refractivity contribution in [2.45, 2.75) is 64.1 Å². The Balaban J connectivity index is 1.93. The van der Waals surface area contributed by atoms with Gasteiger partial charge in [0.25, 0.3) is 15.9 Å². The minimum atomic E-state index is -4.15. The second-order valence-electron chi connectivity index (χ2n) is 9.48. The molecule has 1 aliphatic heterocycles. The zero-order valence-electron chi connectivity index (χ0n) is 20.2. The van der Waals surface area contributed by atoms with Gasteiger partial charge in [0.2, 0.25) is 11.8 Å². The van der Waals surface area contributed by atoms with Crippen LogP contribution in [0.4, 0.5) is 0 Å². The Kier molecular flexibility index (Phi) is 7.16. The fraction of sp³-hybridized carbons (Fsp3) is 0.400. The summed E-state index contributed by atoms with van der Waals surface area (Å²) in [5.74, 6) is -1.71. The molecule has 0 bridgehead atoms. The Bertz CT molecular complexity index is 1200. The van der Waals surface area contributed by atoms with Crippen LogP contribution in [0.25, 0.3) is 0 Å². The third kappa shape index (κ3) is 5.30. The second kappa shape index (κ2) is 9.58. The van der Waals surface area contributed by atoms with E-state index in [4.69, 9.17) is 0 Å². The van der Waals surface area contributed by atoms with Gasteiger partial charge in [-0.25, -0.2) is 12.7 Å². The number of nitrogens with zero attached hydrogens (tertiary/aromatic N) is 2. The minimum absolute atomic E-state index is 0.0397. The molecule has 3 rings (SSSR count). The lowest BCUT2D eigenvalue weighted by Crippen LogP contribution is -2.55. The number of hydrogen-bond acceptors (Lipinski definition) is 5. The number of amides is 3. The van der Waals surface area contributed by atoms with E-state index in [0.717, 1.165) is 11.1 Å². The molecule has 2 aromatic carbocycles. The third-order valence-electron chi connectivity index (χ3n) is 5.55. The number of fused-ring (bicyclic) bond motifs is 1. The smallest absolute Gasteiger partial charge is 0.269 e. The van der Waals surface area contributed by atoms with Crippen molar-refractivity contribution >= 4 is 27.7 Å². The van der Waals surface area contributed by atoms with E-state index in [2.05, 4.69) is 5.32 Å². The largest absolute Gasteiger partial charge is 0.350 e. The summed E-state index contributed by atoms with van der Waals surface area (Å²) in [6.07, 6.45) is 0.320. The van der Waals surface area contributed by atoms with E-state index in [9.17, 15) is 22.8 Å².